The lowest BCUT2D eigenvalue weighted by Gasteiger charge is -2.25. The molecule has 2 aromatic heterocycles. The maximum absolute atomic E-state index is 12.0. The smallest absolute Gasteiger partial charge is 0.414 e. The number of anilines is 2. The lowest BCUT2D eigenvalue weighted by atomic mass is 10.2. The number of hydrogen-bond acceptors (Lipinski definition) is 5. The summed E-state index contributed by atoms with van der Waals surface area (Å²) >= 11 is 0. The van der Waals surface area contributed by atoms with Crippen LogP contribution in [0, 0.1) is 27.7 Å². The van der Waals surface area contributed by atoms with Gasteiger partial charge in [0.15, 0.2) is 11.4 Å². The third kappa shape index (κ3) is 9.92. The molecule has 0 spiro atoms. The zero-order valence-corrected chi connectivity index (χ0v) is 23.7. The molecule has 2 amide bonds. The van der Waals surface area contributed by atoms with Gasteiger partial charge in [-0.3, -0.25) is 14.8 Å². The van der Waals surface area contributed by atoms with Crippen LogP contribution < -0.4 is 14.4 Å². The van der Waals surface area contributed by atoms with E-state index in [4.69, 9.17) is 9.47 Å². The SMILES string of the molecule is Cc1cc(N(C)C(=O)OC(C)(C)C)cc(C)[n+]1C.Cc1cc(N(C)C(=O)OC(C)(C)C)cc(C)n1. The maximum atomic E-state index is 12.0. The molecule has 0 bridgehead atoms. The molecule has 0 aliphatic carbocycles. The van der Waals surface area contributed by atoms with Crippen LogP contribution in [0.2, 0.25) is 0 Å². The molecule has 8 nitrogen and oxygen atoms in total. The van der Waals surface area contributed by atoms with Crippen molar-refractivity contribution in [1.29, 1.82) is 0 Å². The molecule has 2 aromatic rings. The first-order valence-corrected chi connectivity index (χ1v) is 11.7. The summed E-state index contributed by atoms with van der Waals surface area (Å²) in [5.74, 6) is 0. The van der Waals surface area contributed by atoms with E-state index in [1.165, 1.54) is 9.80 Å². The molecule has 8 heteroatoms. The summed E-state index contributed by atoms with van der Waals surface area (Å²) in [7, 11) is 5.42. The van der Waals surface area contributed by atoms with Crippen LogP contribution in [0.1, 0.15) is 64.3 Å². The molecule has 0 saturated heterocycles. The molecular weight excluding hydrogens is 444 g/mol. The summed E-state index contributed by atoms with van der Waals surface area (Å²) < 4.78 is 12.7. The van der Waals surface area contributed by atoms with Gasteiger partial charge in [0, 0.05) is 51.5 Å². The summed E-state index contributed by atoms with van der Waals surface area (Å²) in [5, 5.41) is 0. The van der Waals surface area contributed by atoms with E-state index in [1.54, 1.807) is 14.1 Å². The first kappa shape index (κ1) is 29.9. The Morgan fingerprint density at radius 3 is 1.34 bits per heavy atom. The largest absolute Gasteiger partial charge is 0.443 e. The van der Waals surface area contributed by atoms with Gasteiger partial charge in [-0.1, -0.05) is 0 Å². The van der Waals surface area contributed by atoms with Crippen LogP contribution in [-0.2, 0) is 16.5 Å². The molecule has 0 aromatic carbocycles. The second-order valence-electron chi connectivity index (χ2n) is 10.7. The summed E-state index contributed by atoms with van der Waals surface area (Å²) in [6, 6.07) is 7.65. The van der Waals surface area contributed by atoms with Crippen molar-refractivity contribution >= 4 is 23.6 Å². The molecule has 0 unspecified atom stereocenters. The van der Waals surface area contributed by atoms with Crippen molar-refractivity contribution in [3.05, 3.63) is 47.0 Å². The minimum absolute atomic E-state index is 0.338. The summed E-state index contributed by atoms with van der Waals surface area (Å²) in [5.41, 5.74) is 4.64. The van der Waals surface area contributed by atoms with Gasteiger partial charge in [-0.2, -0.15) is 0 Å². The number of carbonyl (C=O) groups excluding carboxylic acids is 2. The third-order valence-corrected chi connectivity index (χ3v) is 4.95. The Morgan fingerprint density at radius 2 is 1.03 bits per heavy atom. The van der Waals surface area contributed by atoms with Crippen LogP contribution in [0.5, 0.6) is 0 Å². The number of nitrogens with zero attached hydrogens (tertiary/aromatic N) is 4. The zero-order valence-electron chi connectivity index (χ0n) is 23.7. The lowest BCUT2D eigenvalue weighted by Crippen LogP contribution is -2.38. The number of aromatic nitrogens is 2. The topological polar surface area (TPSA) is 75.9 Å². The Morgan fingerprint density at radius 1 is 0.714 bits per heavy atom. The average molecular weight is 488 g/mol. The number of ether oxygens (including phenoxy) is 2. The number of carbonyl (C=O) groups is 2. The quantitative estimate of drug-likeness (QED) is 0.518. The van der Waals surface area contributed by atoms with Crippen LogP contribution in [0.15, 0.2) is 24.3 Å². The van der Waals surface area contributed by atoms with Crippen molar-refractivity contribution in [2.45, 2.75) is 80.4 Å². The highest BCUT2D eigenvalue weighted by Gasteiger charge is 2.23. The van der Waals surface area contributed by atoms with Crippen LogP contribution in [-0.4, -0.2) is 42.5 Å². The minimum atomic E-state index is -0.484. The molecule has 194 valence electrons. The van der Waals surface area contributed by atoms with Gasteiger partial charge in [0.25, 0.3) is 0 Å². The van der Waals surface area contributed by atoms with Crippen molar-refractivity contribution in [2.75, 3.05) is 23.9 Å². The Balaban J connectivity index is 0.000000351. The second-order valence-corrected chi connectivity index (χ2v) is 10.7. The molecule has 35 heavy (non-hydrogen) atoms. The first-order chi connectivity index (χ1) is 15.8. The molecule has 0 aliphatic heterocycles. The van der Waals surface area contributed by atoms with E-state index in [0.29, 0.717) is 0 Å². The summed E-state index contributed by atoms with van der Waals surface area (Å²) in [6.45, 7) is 19.0. The highest BCUT2D eigenvalue weighted by atomic mass is 16.6. The van der Waals surface area contributed by atoms with E-state index in [-0.39, 0.29) is 12.2 Å². The fourth-order valence-electron chi connectivity index (χ4n) is 3.01. The van der Waals surface area contributed by atoms with E-state index in [2.05, 4.69) is 9.55 Å². The van der Waals surface area contributed by atoms with Gasteiger partial charge < -0.3 is 9.47 Å². The molecular formula is C27H43N4O4+. The van der Waals surface area contributed by atoms with Crippen molar-refractivity contribution in [3.63, 3.8) is 0 Å². The average Bonchev–Trinajstić information content (AvgIpc) is 2.67. The van der Waals surface area contributed by atoms with Gasteiger partial charge in [0.1, 0.15) is 18.2 Å². The molecule has 0 radical (unpaired) electrons. The minimum Gasteiger partial charge on any atom is -0.443 e. The number of amides is 2. The van der Waals surface area contributed by atoms with Gasteiger partial charge in [-0.05, 0) is 67.5 Å². The normalized spacial score (nSPS) is 11.2. The van der Waals surface area contributed by atoms with Gasteiger partial charge in [0.05, 0.1) is 11.4 Å². The number of hydrogen-bond donors (Lipinski definition) is 0. The molecule has 2 heterocycles. The Kier molecular flexibility index (Phi) is 9.83. The maximum Gasteiger partial charge on any atom is 0.414 e. The molecule has 0 saturated carbocycles. The number of rotatable bonds is 2. The third-order valence-electron chi connectivity index (χ3n) is 4.95. The Hall–Kier alpha value is -3.16. The van der Waals surface area contributed by atoms with Gasteiger partial charge in [-0.25, -0.2) is 14.2 Å². The highest BCUT2D eigenvalue weighted by Crippen LogP contribution is 2.19. The van der Waals surface area contributed by atoms with Crippen molar-refractivity contribution in [1.82, 2.24) is 4.98 Å². The molecule has 2 rings (SSSR count). The first-order valence-electron chi connectivity index (χ1n) is 11.7. The van der Waals surface area contributed by atoms with Crippen molar-refractivity contribution < 1.29 is 23.6 Å². The monoisotopic (exact) mass is 487 g/mol. The van der Waals surface area contributed by atoms with Gasteiger partial charge >= 0.3 is 12.2 Å². The summed E-state index contributed by atoms with van der Waals surface area (Å²) in [4.78, 5) is 31.1. The Bertz CT molecular complexity index is 1010. The van der Waals surface area contributed by atoms with Crippen LogP contribution in [0.3, 0.4) is 0 Å². The zero-order chi connectivity index (χ0) is 27.3. The van der Waals surface area contributed by atoms with E-state index < -0.39 is 11.2 Å². The number of pyridine rings is 2. The van der Waals surface area contributed by atoms with E-state index in [0.717, 1.165) is 34.2 Å². The van der Waals surface area contributed by atoms with Crippen molar-refractivity contribution in [3.8, 4) is 0 Å². The molecule has 0 aliphatic rings. The van der Waals surface area contributed by atoms with Gasteiger partial charge in [0.2, 0.25) is 0 Å². The highest BCUT2D eigenvalue weighted by molar-refractivity contribution is 5.87. The van der Waals surface area contributed by atoms with Crippen molar-refractivity contribution in [2.24, 2.45) is 7.05 Å². The molecule has 0 N–H and O–H groups in total. The summed E-state index contributed by atoms with van der Waals surface area (Å²) in [6.07, 6.45) is -0.697. The van der Waals surface area contributed by atoms with E-state index >= 15 is 0 Å². The van der Waals surface area contributed by atoms with Crippen LogP contribution >= 0.6 is 0 Å². The fraction of sp³-hybridized carbons (Fsp3) is 0.556. The predicted molar refractivity (Wildman–Crippen MR) is 140 cm³/mol. The van der Waals surface area contributed by atoms with E-state index in [9.17, 15) is 9.59 Å². The van der Waals surface area contributed by atoms with Crippen LogP contribution in [0.4, 0.5) is 21.0 Å². The standard InChI is InChI=1S/C14H23N2O2.C13H20N2O2/c1-10-8-12(9-11(2)15(10)6)16(7)13(17)18-14(3,4)5;1-9-7-11(8-10(2)14-9)15(6)12(16)17-13(3,4)5/h8-9H,1-7H3;7-8H,1-6H3/q+1;. The fourth-order valence-corrected chi connectivity index (χ4v) is 3.01. The number of aryl methyl sites for hydroxylation is 4. The predicted octanol–water partition coefficient (Wildman–Crippen LogP) is 5.57. The Labute approximate surface area is 210 Å². The molecule has 0 fully saturated rings. The molecule has 0 atom stereocenters. The second kappa shape index (κ2) is 11.5. The van der Waals surface area contributed by atoms with Gasteiger partial charge in [-0.15, -0.1) is 0 Å². The van der Waals surface area contributed by atoms with E-state index in [1.807, 2.05) is 101 Å². The van der Waals surface area contributed by atoms with Crippen LogP contribution in [0.25, 0.3) is 0 Å². The lowest BCUT2D eigenvalue weighted by molar-refractivity contribution is -0.683.